The van der Waals surface area contributed by atoms with Gasteiger partial charge >= 0.3 is 0 Å². The van der Waals surface area contributed by atoms with E-state index in [2.05, 4.69) is 53.8 Å². The molecule has 7 nitrogen and oxygen atoms in total. The van der Waals surface area contributed by atoms with E-state index < -0.39 is 0 Å². The Morgan fingerprint density at radius 1 is 1.06 bits per heavy atom. The molecule has 0 aromatic carbocycles. The first-order valence-corrected chi connectivity index (χ1v) is 12.5. The predicted octanol–water partition coefficient (Wildman–Crippen LogP) is 5.06. The maximum absolute atomic E-state index is 4.80. The minimum Gasteiger partial charge on any atom is -0.375 e. The summed E-state index contributed by atoms with van der Waals surface area (Å²) in [5, 5.41) is 17.7. The highest BCUT2D eigenvalue weighted by Crippen LogP contribution is 2.29. The largest absolute Gasteiger partial charge is 0.375 e. The number of rotatable bonds is 7. The fourth-order valence-electron chi connectivity index (χ4n) is 5.29. The Morgan fingerprint density at radius 3 is 2.65 bits per heavy atom. The zero-order chi connectivity index (χ0) is 23.7. The van der Waals surface area contributed by atoms with Crippen LogP contribution in [0.3, 0.4) is 0 Å². The van der Waals surface area contributed by atoms with Crippen LogP contribution < -0.4 is 0 Å². The number of hydrogen-bond acceptors (Lipinski definition) is 5. The zero-order valence-corrected chi connectivity index (χ0v) is 20.7. The lowest BCUT2D eigenvalue weighted by atomic mass is 9.88. The van der Waals surface area contributed by atoms with Gasteiger partial charge in [0.1, 0.15) is 0 Å². The van der Waals surface area contributed by atoms with E-state index in [-0.39, 0.29) is 0 Å². The standard InChI is InChI=1S/C27H35N7/c1-19(32-16-14-24(15-17-32)18-23-8-6-5-7-9-23)10-11-25-20(2)30-33(21(25)3)27-13-12-26-29-28-22(4)34(26)31-27/h6,8-9,12-13,24H,1,5,7,10-11,14-18H2,2-4H3. The number of hydrogen-bond donors (Lipinski definition) is 0. The molecule has 3 aromatic heterocycles. The van der Waals surface area contributed by atoms with Crippen LogP contribution in [0.25, 0.3) is 11.5 Å². The summed E-state index contributed by atoms with van der Waals surface area (Å²) in [7, 11) is 0. The van der Waals surface area contributed by atoms with E-state index in [0.717, 1.165) is 60.5 Å². The van der Waals surface area contributed by atoms with Crippen LogP contribution in [-0.4, -0.2) is 47.6 Å². The summed E-state index contributed by atoms with van der Waals surface area (Å²) in [5.41, 5.74) is 7.01. The average molecular weight is 458 g/mol. The predicted molar refractivity (Wildman–Crippen MR) is 135 cm³/mol. The number of aryl methyl sites for hydroxylation is 2. The van der Waals surface area contributed by atoms with Gasteiger partial charge < -0.3 is 4.90 Å². The van der Waals surface area contributed by atoms with Crippen molar-refractivity contribution in [1.29, 1.82) is 0 Å². The molecule has 1 saturated heterocycles. The maximum Gasteiger partial charge on any atom is 0.178 e. The summed E-state index contributed by atoms with van der Waals surface area (Å²) in [6, 6.07) is 3.89. The molecule has 2 aliphatic rings. The number of piperidine rings is 1. The number of fused-ring (bicyclic) bond motifs is 1. The highest BCUT2D eigenvalue weighted by Gasteiger charge is 2.22. The van der Waals surface area contributed by atoms with Crippen molar-refractivity contribution in [3.63, 3.8) is 0 Å². The molecule has 34 heavy (non-hydrogen) atoms. The highest BCUT2D eigenvalue weighted by molar-refractivity contribution is 5.41. The minimum atomic E-state index is 0.745. The van der Waals surface area contributed by atoms with E-state index in [1.165, 1.54) is 43.4 Å². The van der Waals surface area contributed by atoms with E-state index in [1.807, 2.05) is 23.7 Å². The molecule has 0 unspecified atom stereocenters. The zero-order valence-electron chi connectivity index (χ0n) is 20.7. The van der Waals surface area contributed by atoms with Gasteiger partial charge in [-0.15, -0.1) is 15.3 Å². The van der Waals surface area contributed by atoms with E-state index in [4.69, 9.17) is 10.2 Å². The fourth-order valence-corrected chi connectivity index (χ4v) is 5.29. The molecule has 4 heterocycles. The van der Waals surface area contributed by atoms with Crippen molar-refractivity contribution in [3.05, 3.63) is 71.0 Å². The molecule has 3 aromatic rings. The van der Waals surface area contributed by atoms with Crippen molar-refractivity contribution in [1.82, 2.24) is 34.5 Å². The summed E-state index contributed by atoms with van der Waals surface area (Å²) < 4.78 is 3.70. The Balaban J connectivity index is 1.19. The SMILES string of the molecule is C=C(CCc1c(C)nn(-c2ccc3nnc(C)n3n2)c1C)N1CCC(CC2=CCCC=C2)CC1. The third-order valence-electron chi connectivity index (χ3n) is 7.38. The third-order valence-corrected chi connectivity index (χ3v) is 7.38. The maximum atomic E-state index is 4.80. The van der Waals surface area contributed by atoms with Crippen LogP contribution in [0.1, 0.15) is 61.3 Å². The van der Waals surface area contributed by atoms with Crippen molar-refractivity contribution >= 4 is 5.65 Å². The molecule has 5 rings (SSSR count). The monoisotopic (exact) mass is 457 g/mol. The Labute approximate surface area is 201 Å². The number of aromatic nitrogens is 6. The second-order valence-electron chi connectivity index (χ2n) is 9.73. The van der Waals surface area contributed by atoms with Gasteiger partial charge in [-0.25, -0.2) is 4.68 Å². The molecule has 0 amide bonds. The molecule has 0 N–H and O–H groups in total. The molecule has 1 aliphatic heterocycles. The summed E-state index contributed by atoms with van der Waals surface area (Å²) in [5.74, 6) is 2.36. The summed E-state index contributed by atoms with van der Waals surface area (Å²) in [6.45, 7) is 12.8. The second-order valence-corrected chi connectivity index (χ2v) is 9.73. The molecule has 1 fully saturated rings. The Morgan fingerprint density at radius 2 is 1.88 bits per heavy atom. The van der Waals surface area contributed by atoms with Crippen LogP contribution >= 0.6 is 0 Å². The molecule has 178 valence electrons. The average Bonchev–Trinajstić information content (AvgIpc) is 3.37. The highest BCUT2D eigenvalue weighted by atomic mass is 15.4. The lowest BCUT2D eigenvalue weighted by Crippen LogP contribution is -2.33. The first kappa shape index (κ1) is 22.6. The summed E-state index contributed by atoms with van der Waals surface area (Å²) in [6.07, 6.45) is 15.2. The molecule has 7 heteroatoms. The van der Waals surface area contributed by atoms with Gasteiger partial charge in [0.25, 0.3) is 0 Å². The van der Waals surface area contributed by atoms with Crippen LogP contribution in [-0.2, 0) is 6.42 Å². The minimum absolute atomic E-state index is 0.745. The van der Waals surface area contributed by atoms with E-state index in [9.17, 15) is 0 Å². The van der Waals surface area contributed by atoms with Crippen molar-refractivity contribution in [3.8, 4) is 5.82 Å². The lowest BCUT2D eigenvalue weighted by molar-refractivity contribution is 0.221. The quantitative estimate of drug-likeness (QED) is 0.496. The summed E-state index contributed by atoms with van der Waals surface area (Å²) in [4.78, 5) is 2.50. The van der Waals surface area contributed by atoms with Gasteiger partial charge in [0.15, 0.2) is 17.3 Å². The summed E-state index contributed by atoms with van der Waals surface area (Å²) >= 11 is 0. The van der Waals surface area contributed by atoms with Gasteiger partial charge in [0.05, 0.1) is 5.69 Å². The van der Waals surface area contributed by atoms with Gasteiger partial charge in [-0.3, -0.25) is 0 Å². The molecule has 0 bridgehead atoms. The van der Waals surface area contributed by atoms with Crippen molar-refractivity contribution in [2.24, 2.45) is 5.92 Å². The molecule has 0 atom stereocenters. The fraction of sp³-hybridized carbons (Fsp3) is 0.481. The van der Waals surface area contributed by atoms with Crippen LogP contribution in [0.5, 0.6) is 0 Å². The van der Waals surface area contributed by atoms with Gasteiger partial charge in [-0.2, -0.15) is 9.61 Å². The molecule has 1 aliphatic carbocycles. The van der Waals surface area contributed by atoms with Crippen molar-refractivity contribution in [2.45, 2.75) is 65.7 Å². The lowest BCUT2D eigenvalue weighted by Gasteiger charge is -2.35. The number of nitrogens with zero attached hydrogens (tertiary/aromatic N) is 7. The van der Waals surface area contributed by atoms with Crippen LogP contribution in [0, 0.1) is 26.7 Å². The first-order valence-electron chi connectivity index (χ1n) is 12.5. The second kappa shape index (κ2) is 9.57. The molecular formula is C27H35N7. The molecule has 0 radical (unpaired) electrons. The first-order chi connectivity index (χ1) is 16.5. The molecular weight excluding hydrogens is 422 g/mol. The van der Waals surface area contributed by atoms with Crippen LogP contribution in [0.2, 0.25) is 0 Å². The van der Waals surface area contributed by atoms with E-state index >= 15 is 0 Å². The van der Waals surface area contributed by atoms with Gasteiger partial charge in [0.2, 0.25) is 0 Å². The normalized spacial score (nSPS) is 16.9. The van der Waals surface area contributed by atoms with Gasteiger partial charge in [-0.05, 0) is 89.3 Å². The van der Waals surface area contributed by atoms with E-state index in [1.54, 1.807) is 10.1 Å². The Bertz CT molecular complexity index is 1250. The molecule has 0 saturated carbocycles. The number of likely N-dealkylation sites (tertiary alicyclic amines) is 1. The van der Waals surface area contributed by atoms with Gasteiger partial charge in [0, 0.05) is 24.5 Å². The smallest absolute Gasteiger partial charge is 0.178 e. The Kier molecular flexibility index (Phi) is 6.35. The van der Waals surface area contributed by atoms with Crippen molar-refractivity contribution < 1.29 is 0 Å². The van der Waals surface area contributed by atoms with Crippen LogP contribution in [0.4, 0.5) is 0 Å². The van der Waals surface area contributed by atoms with Crippen LogP contribution in [0.15, 0.2) is 48.2 Å². The third kappa shape index (κ3) is 4.56. The van der Waals surface area contributed by atoms with Crippen molar-refractivity contribution in [2.75, 3.05) is 13.1 Å². The number of allylic oxidation sites excluding steroid dienone is 5. The topological polar surface area (TPSA) is 64.1 Å². The Hall–Kier alpha value is -3.22. The molecule has 0 spiro atoms. The van der Waals surface area contributed by atoms with E-state index in [0.29, 0.717) is 0 Å². The van der Waals surface area contributed by atoms with Gasteiger partial charge in [-0.1, -0.05) is 30.4 Å².